The molecule has 7 N–H and O–H groups in total. The highest BCUT2D eigenvalue weighted by molar-refractivity contribution is 7.17. The maximum atomic E-state index is 14.4. The van der Waals surface area contributed by atoms with E-state index in [1.165, 1.54) is 53.2 Å². The lowest BCUT2D eigenvalue weighted by atomic mass is 9.97. The monoisotopic (exact) mass is 1220 g/mol. The normalized spacial score (nSPS) is 15.5. The van der Waals surface area contributed by atoms with Crippen molar-refractivity contribution in [2.24, 2.45) is 11.7 Å². The minimum atomic E-state index is -1.08. The molecule has 3 aromatic carbocycles. The van der Waals surface area contributed by atoms with Crippen molar-refractivity contribution in [3.05, 3.63) is 94.5 Å². The molecule has 5 aromatic rings. The SMILES string of the molecule is Cc1csc2c(OC(=O)N(C)CCN(C)C(=O)OCc3ccc(NC(=O)[C@H](CCCNC(N)=O)NC(=O)[C@@H](NC(=O)CCCCCN4C(=O)C=CC4=O)C(C)C)cc3)cc3c(c12)[C@H](CCl)CN3C(=O)c1cc2cc(OCCN3CCCC3)ccc2[nH]1. The van der Waals surface area contributed by atoms with E-state index in [9.17, 15) is 43.2 Å². The van der Waals surface area contributed by atoms with E-state index in [1.807, 2.05) is 36.6 Å². The van der Waals surface area contributed by atoms with Gasteiger partial charge in [0.25, 0.3) is 17.7 Å². The first-order chi connectivity index (χ1) is 41.3. The van der Waals surface area contributed by atoms with E-state index in [4.69, 9.17) is 31.5 Å². The van der Waals surface area contributed by atoms with Crippen molar-refractivity contribution in [1.82, 2.24) is 40.5 Å². The number of rotatable bonds is 28. The Morgan fingerprint density at radius 3 is 2.28 bits per heavy atom. The first kappa shape index (κ1) is 63.8. The lowest BCUT2D eigenvalue weighted by molar-refractivity contribution is -0.137. The number of nitrogens with two attached hydrogens (primary N) is 1. The first-order valence-corrected chi connectivity index (χ1v) is 30.5. The fraction of sp³-hybridized carbons (Fsp3) is 0.459. The summed E-state index contributed by atoms with van der Waals surface area (Å²) < 4.78 is 18.5. The van der Waals surface area contributed by atoms with Gasteiger partial charge in [-0.25, -0.2) is 14.4 Å². The van der Waals surface area contributed by atoms with Gasteiger partial charge in [0.1, 0.15) is 36.7 Å². The number of amides is 10. The number of aromatic amines is 1. The number of thiophene rings is 1. The Balaban J connectivity index is 0.811. The Morgan fingerprint density at radius 1 is 0.860 bits per heavy atom. The number of urea groups is 1. The standard InChI is InChI=1S/C61H76ClN11O12S/c1-37(2)54(68-49(74)13-7-6-8-25-72-50(75)20-21-51(72)76)57(78)67-45(12-11-22-64-59(63)80)56(77)65-42-16-14-39(15-17-42)35-84-60(81)69(4)26-27-70(5)61(82)85-48-32-47-53(52-38(3)36-86-55(48)52)41(33-62)34-73(47)58(79)46-31-40-30-43(18-19-44(40)66-46)83-29-28-71-23-9-10-24-71/h14-21,30-32,36-37,41,45,54,66H,6-13,22-29,33-35H2,1-5H3,(H,65,77)(H,67,78)(H,68,74)(H3,63,64,80)/t41-,45+,54+/m1/s1. The van der Waals surface area contributed by atoms with Gasteiger partial charge >= 0.3 is 18.2 Å². The quantitative estimate of drug-likeness (QED) is 0.0163. The number of likely N-dealkylation sites (tertiary alicyclic amines) is 1. The van der Waals surface area contributed by atoms with E-state index in [0.717, 1.165) is 62.4 Å². The number of hydrogen-bond donors (Lipinski definition) is 6. The number of halogens is 1. The molecule has 3 aliphatic heterocycles. The summed E-state index contributed by atoms with van der Waals surface area (Å²) in [5.74, 6) is -1.71. The zero-order valence-electron chi connectivity index (χ0n) is 49.2. The summed E-state index contributed by atoms with van der Waals surface area (Å²) in [5.41, 5.74) is 9.90. The van der Waals surface area contributed by atoms with Crippen LogP contribution in [0.2, 0.25) is 0 Å². The van der Waals surface area contributed by atoms with Gasteiger partial charge in [-0.05, 0) is 123 Å². The number of unbranched alkanes of at least 4 members (excludes halogenated alkanes) is 2. The number of ether oxygens (including phenoxy) is 3. The summed E-state index contributed by atoms with van der Waals surface area (Å²) in [5, 5.41) is 14.5. The van der Waals surface area contributed by atoms with Crippen molar-refractivity contribution in [3.63, 3.8) is 0 Å². The smallest absolute Gasteiger partial charge is 0.415 e. The molecule has 10 amide bonds. The van der Waals surface area contributed by atoms with Gasteiger partial charge in [-0.1, -0.05) is 32.4 Å². The summed E-state index contributed by atoms with van der Waals surface area (Å²) in [6.07, 6.45) is 5.60. The molecule has 1 saturated heterocycles. The molecule has 86 heavy (non-hydrogen) atoms. The molecule has 0 spiro atoms. The van der Waals surface area contributed by atoms with E-state index >= 15 is 0 Å². The average Bonchev–Trinajstić information content (AvgIpc) is 1.74. The van der Waals surface area contributed by atoms with Crippen LogP contribution < -0.4 is 41.4 Å². The molecule has 1 fully saturated rings. The number of fused-ring (bicyclic) bond motifs is 4. The summed E-state index contributed by atoms with van der Waals surface area (Å²) in [6.45, 7) is 9.92. The number of H-pyrrole nitrogens is 1. The lowest BCUT2D eigenvalue weighted by Gasteiger charge is -2.25. The zero-order chi connectivity index (χ0) is 61.6. The minimum absolute atomic E-state index is 0.0887. The van der Waals surface area contributed by atoms with Gasteiger partial charge in [0, 0.05) is 112 Å². The second-order valence-electron chi connectivity index (χ2n) is 22.2. The van der Waals surface area contributed by atoms with Crippen LogP contribution in [-0.4, -0.2) is 169 Å². The predicted octanol–water partition coefficient (Wildman–Crippen LogP) is 7.35. The third kappa shape index (κ3) is 16.4. The summed E-state index contributed by atoms with van der Waals surface area (Å²) in [4.78, 5) is 128. The van der Waals surface area contributed by atoms with Crippen LogP contribution in [0.15, 0.2) is 72.1 Å². The lowest BCUT2D eigenvalue weighted by Crippen LogP contribution is -2.54. The number of benzene rings is 3. The number of primary amides is 1. The van der Waals surface area contributed by atoms with Crippen LogP contribution in [0.3, 0.4) is 0 Å². The predicted molar refractivity (Wildman–Crippen MR) is 328 cm³/mol. The Labute approximate surface area is 508 Å². The Bertz CT molecular complexity index is 3320. The van der Waals surface area contributed by atoms with Gasteiger partial charge in [0.2, 0.25) is 17.7 Å². The molecule has 23 nitrogen and oxygen atoms in total. The highest BCUT2D eigenvalue weighted by Gasteiger charge is 2.37. The Kier molecular flexibility index (Phi) is 22.1. The molecule has 0 radical (unpaired) electrons. The number of anilines is 2. The zero-order valence-corrected chi connectivity index (χ0v) is 50.7. The highest BCUT2D eigenvalue weighted by Crippen LogP contribution is 2.49. The van der Waals surface area contributed by atoms with Gasteiger partial charge in [-0.15, -0.1) is 22.9 Å². The number of aryl methyl sites for hydroxylation is 1. The second kappa shape index (κ2) is 29.7. The molecule has 0 bridgehead atoms. The van der Waals surface area contributed by atoms with Crippen molar-refractivity contribution in [2.45, 2.75) is 96.7 Å². The van der Waals surface area contributed by atoms with Crippen LogP contribution >= 0.6 is 22.9 Å². The van der Waals surface area contributed by atoms with Crippen molar-refractivity contribution in [1.29, 1.82) is 0 Å². The van der Waals surface area contributed by atoms with Crippen LogP contribution in [0, 0.1) is 12.8 Å². The number of imide groups is 1. The number of aromatic nitrogens is 1. The largest absolute Gasteiger partial charge is 0.492 e. The highest BCUT2D eigenvalue weighted by atomic mass is 35.5. The molecule has 8 rings (SSSR count). The number of carbonyl (C=O) groups is 9. The molecule has 25 heteroatoms. The van der Waals surface area contributed by atoms with E-state index in [1.54, 1.807) is 56.1 Å². The van der Waals surface area contributed by atoms with E-state index in [-0.39, 0.29) is 93.4 Å². The second-order valence-corrected chi connectivity index (χ2v) is 23.4. The third-order valence-electron chi connectivity index (χ3n) is 15.5. The van der Waals surface area contributed by atoms with Crippen molar-refractivity contribution < 1.29 is 57.4 Å². The molecular formula is C61H76ClN11O12S. The fourth-order valence-electron chi connectivity index (χ4n) is 10.6. The van der Waals surface area contributed by atoms with Crippen molar-refractivity contribution in [3.8, 4) is 11.5 Å². The molecular weight excluding hydrogens is 1150 g/mol. The summed E-state index contributed by atoms with van der Waals surface area (Å²) >= 11 is 8.04. The number of likely N-dealkylation sites (N-methyl/N-ethyl adjacent to an activating group) is 2. The molecule has 2 aromatic heterocycles. The van der Waals surface area contributed by atoms with Crippen LogP contribution in [-0.2, 0) is 35.3 Å². The van der Waals surface area contributed by atoms with Gasteiger partial charge in [0.15, 0.2) is 5.75 Å². The van der Waals surface area contributed by atoms with Crippen LogP contribution in [0.1, 0.15) is 98.3 Å². The maximum Gasteiger partial charge on any atom is 0.415 e. The molecule has 3 atom stereocenters. The molecule has 3 aliphatic rings. The van der Waals surface area contributed by atoms with Gasteiger partial charge in [-0.2, -0.15) is 0 Å². The van der Waals surface area contributed by atoms with Crippen LogP contribution in [0.4, 0.5) is 25.8 Å². The van der Waals surface area contributed by atoms with Crippen LogP contribution in [0.25, 0.3) is 21.0 Å². The fourth-order valence-corrected chi connectivity index (χ4v) is 11.9. The number of alkyl halides is 1. The number of nitrogens with one attached hydrogen (secondary N) is 5. The van der Waals surface area contributed by atoms with Crippen molar-refractivity contribution in [2.75, 3.05) is 89.2 Å². The molecule has 0 aliphatic carbocycles. The molecule has 460 valence electrons. The number of carbonyl (C=O) groups excluding carboxylic acids is 9. The van der Waals surface area contributed by atoms with Crippen molar-refractivity contribution >= 4 is 109 Å². The van der Waals surface area contributed by atoms with E-state index in [2.05, 4.69) is 31.2 Å². The van der Waals surface area contributed by atoms with E-state index in [0.29, 0.717) is 60.8 Å². The van der Waals surface area contributed by atoms with Gasteiger partial charge < -0.3 is 60.9 Å². The van der Waals surface area contributed by atoms with Gasteiger partial charge in [-0.3, -0.25) is 38.6 Å². The third-order valence-corrected chi connectivity index (χ3v) is 17.0. The Hall–Kier alpha value is -8.22. The summed E-state index contributed by atoms with van der Waals surface area (Å²) in [7, 11) is 3.10. The van der Waals surface area contributed by atoms with Crippen LogP contribution in [0.5, 0.6) is 11.5 Å². The number of hydrogen-bond acceptors (Lipinski definition) is 14. The maximum absolute atomic E-state index is 14.4. The molecule has 0 saturated carbocycles. The van der Waals surface area contributed by atoms with E-state index < -0.39 is 42.1 Å². The minimum Gasteiger partial charge on any atom is -0.492 e. The van der Waals surface area contributed by atoms with Gasteiger partial charge in [0.05, 0.1) is 10.4 Å². The summed E-state index contributed by atoms with van der Waals surface area (Å²) in [6, 6.07) is 13.1. The topological polar surface area (TPSA) is 287 Å². The first-order valence-electron chi connectivity index (χ1n) is 29.1. The Morgan fingerprint density at radius 2 is 1.58 bits per heavy atom. The average molecular weight is 1220 g/mol. The molecule has 0 unspecified atom stereocenters. The number of nitrogens with zero attached hydrogens (tertiary/aromatic N) is 5. The molecule has 5 heterocycles.